The van der Waals surface area contributed by atoms with Crippen LogP contribution in [0.1, 0.15) is 168 Å². The summed E-state index contributed by atoms with van der Waals surface area (Å²) in [5.41, 5.74) is 0. The minimum atomic E-state index is -4.36. The highest BCUT2D eigenvalue weighted by molar-refractivity contribution is 8.78. The number of phosphoric ester groups is 5. The van der Waals surface area contributed by atoms with Gasteiger partial charge in [0.1, 0.15) is 0 Å². The molecule has 5 atom stereocenters. The fraction of sp³-hybridized carbons (Fsp3) is 1.00. The monoisotopic (exact) mass is 1610 g/mol. The van der Waals surface area contributed by atoms with E-state index in [1.807, 2.05) is 0 Å². The number of methoxy groups -OCH3 is 1. The lowest BCUT2D eigenvalue weighted by Crippen LogP contribution is -2.10. The fourth-order valence-electron chi connectivity index (χ4n) is 4.99. The molecule has 0 aromatic heterocycles. The Labute approximate surface area is 591 Å². The quantitative estimate of drug-likeness (QED) is 0.0180. The highest BCUT2D eigenvalue weighted by Gasteiger charge is 2.33. The van der Waals surface area contributed by atoms with E-state index >= 15 is 0 Å². The molecule has 5 unspecified atom stereocenters. The number of phosphoric acid groups is 5. The van der Waals surface area contributed by atoms with E-state index in [0.29, 0.717) is 62.4 Å². The molecule has 0 aromatic carbocycles. The Hall–Kier alpha value is 3.85. The fourth-order valence-corrected chi connectivity index (χ4v) is 21.9. The molecule has 0 spiro atoms. The SMILES string of the molecule is COCCCOP(=O)(OCCCSSC(C)(C)C)OOCCCOP(=O)(OCCCSSC(C)(C)C)OOCCCOP(=O)(OCCCSSC(C)(C)C)OOCCCOP(=O)(OCCCSSC(C)(C)C)OOCCCOP(=O)(OC)OCCCSSC(C)(C)C. The summed E-state index contributed by atoms with van der Waals surface area (Å²) in [6.07, 6.45) is 3.59. The predicted octanol–water partition coefficient (Wildman–Crippen LogP) is 20.6. The third kappa shape index (κ3) is 63.5. The van der Waals surface area contributed by atoms with Crippen LogP contribution in [0.5, 0.6) is 0 Å². The molecule has 0 heterocycles. The molecule has 554 valence electrons. The Morgan fingerprint density at radius 3 is 0.587 bits per heavy atom. The number of ether oxygens (including phenoxy) is 1. The maximum Gasteiger partial charge on any atom is 0.502 e. The number of rotatable bonds is 64. The molecule has 0 fully saturated rings. The van der Waals surface area contributed by atoms with E-state index in [1.54, 1.807) is 115 Å². The zero-order valence-corrected chi connectivity index (χ0v) is 69.9. The van der Waals surface area contributed by atoms with E-state index < -0.39 is 39.1 Å². The van der Waals surface area contributed by atoms with Crippen molar-refractivity contribution < 1.29 is 116 Å². The lowest BCUT2D eigenvalue weighted by Gasteiger charge is -2.19. The summed E-state index contributed by atoms with van der Waals surface area (Å²) >= 11 is 0. The highest BCUT2D eigenvalue weighted by atomic mass is 33.1. The molecule has 0 rings (SSSR count). The van der Waals surface area contributed by atoms with E-state index in [0.717, 1.165) is 11.5 Å². The van der Waals surface area contributed by atoms with Crippen molar-refractivity contribution in [1.82, 2.24) is 0 Å². The third-order valence-corrected chi connectivity index (χ3v) is 32.4. The smallest absolute Gasteiger partial charge is 0.385 e. The van der Waals surface area contributed by atoms with Crippen LogP contribution in [0.15, 0.2) is 0 Å². The topological polar surface area (TPSA) is 270 Å². The first kappa shape index (κ1) is 95.8. The maximum atomic E-state index is 13.9. The highest BCUT2D eigenvalue weighted by Crippen LogP contribution is 2.54. The Morgan fingerprint density at radius 2 is 0.413 bits per heavy atom. The lowest BCUT2D eigenvalue weighted by atomic mass is 10.3. The molecular formula is C52H111O25P5S10. The average Bonchev–Trinajstić information content (AvgIpc) is 1.80. The molecule has 0 radical (unpaired) electrons. The van der Waals surface area contributed by atoms with E-state index in [9.17, 15) is 22.8 Å². The molecule has 0 aromatic rings. The van der Waals surface area contributed by atoms with Crippen LogP contribution in [0.4, 0.5) is 0 Å². The standard InChI is InChI=1S/C52H111O25P5S10/c1-48(2,3)88-83-43-23-38-65-78(53,59-17)64-34-19-29-60-75-80(55,71-40-25-45-85-90-50(7,8)9)67-36-21-31-62-77-82(57,73-42-27-47-87-92-52(13,14)15)69-37-22-32-63-76-81(56,72-41-26-46-86-91-51(10,11)12)68-35-20-30-61-74-79(54,66-33-18-28-58-16)70-39-24-44-84-89-49(4,5)6/h18-47H2,1-17H3. The molecule has 25 nitrogen and oxygen atoms in total. The van der Waals surface area contributed by atoms with Crippen LogP contribution >= 0.6 is 147 Å². The first-order chi connectivity index (χ1) is 43.0. The summed E-state index contributed by atoms with van der Waals surface area (Å²) in [5, 5.41) is 0. The van der Waals surface area contributed by atoms with Crippen molar-refractivity contribution >= 4 is 147 Å². The van der Waals surface area contributed by atoms with Gasteiger partial charge < -0.3 is 4.74 Å². The van der Waals surface area contributed by atoms with Crippen molar-refractivity contribution in [1.29, 1.82) is 0 Å². The second-order valence-electron chi connectivity index (χ2n) is 24.0. The second-order valence-corrected chi connectivity index (χ2v) is 48.2. The maximum absolute atomic E-state index is 13.9. The van der Waals surface area contributed by atoms with Crippen molar-refractivity contribution in [2.75, 3.05) is 142 Å². The summed E-state index contributed by atoms with van der Waals surface area (Å²) in [5.74, 6) is 3.64. The molecule has 0 amide bonds. The number of hydrogen-bond donors (Lipinski definition) is 0. The predicted molar refractivity (Wildman–Crippen MR) is 390 cm³/mol. The zero-order valence-electron chi connectivity index (χ0n) is 57.2. The Balaban J connectivity index is 5.62. The van der Waals surface area contributed by atoms with E-state index in [-0.39, 0.29) is 142 Å². The van der Waals surface area contributed by atoms with Gasteiger partial charge in [-0.05, 0) is 64.2 Å². The summed E-state index contributed by atoms with van der Waals surface area (Å²) in [4.78, 5) is 21.1. The number of hydrogen-bond acceptors (Lipinski definition) is 35. The zero-order chi connectivity index (χ0) is 69.4. The van der Waals surface area contributed by atoms with Crippen LogP contribution in [-0.2, 0) is 116 Å². The van der Waals surface area contributed by atoms with E-state index in [1.165, 1.54) is 7.11 Å². The van der Waals surface area contributed by atoms with Gasteiger partial charge in [-0.3, -0.25) is 49.8 Å². The van der Waals surface area contributed by atoms with Gasteiger partial charge in [0, 0.05) is 73.3 Å². The summed E-state index contributed by atoms with van der Waals surface area (Å²) < 4.78 is 154. The Bertz CT molecular complexity index is 2060. The van der Waals surface area contributed by atoms with Gasteiger partial charge >= 0.3 is 39.1 Å². The molecule has 40 heteroatoms. The van der Waals surface area contributed by atoms with Gasteiger partial charge in [-0.2, -0.15) is 0 Å². The van der Waals surface area contributed by atoms with Crippen LogP contribution in [-0.4, -0.2) is 166 Å². The summed E-state index contributed by atoms with van der Waals surface area (Å²) in [6.45, 7) is 31.0. The van der Waals surface area contributed by atoms with Gasteiger partial charge in [0.15, 0.2) is 0 Å². The van der Waals surface area contributed by atoms with Gasteiger partial charge in [0.2, 0.25) is 0 Å². The largest absolute Gasteiger partial charge is 0.502 e. The van der Waals surface area contributed by atoms with Gasteiger partial charge in [-0.15, -0.1) is 18.7 Å². The van der Waals surface area contributed by atoms with Crippen molar-refractivity contribution in [2.45, 2.75) is 192 Å². The minimum absolute atomic E-state index is 0.00344. The van der Waals surface area contributed by atoms with Crippen molar-refractivity contribution in [3.63, 3.8) is 0 Å². The van der Waals surface area contributed by atoms with Gasteiger partial charge in [0.05, 0.1) is 92.5 Å². The Morgan fingerprint density at radius 1 is 0.239 bits per heavy atom. The van der Waals surface area contributed by atoms with E-state index in [4.69, 9.17) is 92.7 Å². The van der Waals surface area contributed by atoms with Crippen LogP contribution in [0.25, 0.3) is 0 Å². The molecule has 0 aliphatic rings. The normalized spacial score (nSPS) is 16.3. The molecule has 0 N–H and O–H groups in total. The van der Waals surface area contributed by atoms with Crippen LogP contribution in [0.2, 0.25) is 0 Å². The third-order valence-electron chi connectivity index (χ3n) is 8.68. The minimum Gasteiger partial charge on any atom is -0.385 e. The van der Waals surface area contributed by atoms with Gasteiger partial charge in [0.25, 0.3) is 0 Å². The first-order valence-corrected chi connectivity index (χ1v) is 49.2. The molecular weight excluding hydrogens is 1500 g/mol. The summed E-state index contributed by atoms with van der Waals surface area (Å²) in [7, 11) is -1.12. The van der Waals surface area contributed by atoms with Crippen LogP contribution in [0.3, 0.4) is 0 Å². The molecule has 0 bridgehead atoms. The molecule has 0 saturated heterocycles. The summed E-state index contributed by atoms with van der Waals surface area (Å²) in [6, 6.07) is 0. The second kappa shape index (κ2) is 54.5. The van der Waals surface area contributed by atoms with Crippen molar-refractivity contribution in [3.8, 4) is 0 Å². The molecule has 0 aliphatic carbocycles. The van der Waals surface area contributed by atoms with Crippen LogP contribution in [0, 0.1) is 0 Å². The van der Waals surface area contributed by atoms with Crippen molar-refractivity contribution in [2.24, 2.45) is 0 Å². The molecule has 0 aliphatic heterocycles. The molecule has 92 heavy (non-hydrogen) atoms. The van der Waals surface area contributed by atoms with Crippen LogP contribution < -0.4 is 0 Å². The first-order valence-electron chi connectivity index (χ1n) is 30.3. The average molecular weight is 1610 g/mol. The lowest BCUT2D eigenvalue weighted by molar-refractivity contribution is -0.236. The van der Waals surface area contributed by atoms with Crippen molar-refractivity contribution in [3.05, 3.63) is 0 Å². The van der Waals surface area contributed by atoms with Gasteiger partial charge in [-0.25, -0.2) is 42.4 Å². The van der Waals surface area contributed by atoms with Gasteiger partial charge in [-0.1, -0.05) is 212 Å². The molecule has 0 saturated carbocycles. The Kier molecular flexibility index (Phi) is 56.7. The van der Waals surface area contributed by atoms with E-state index in [2.05, 4.69) is 104 Å².